The van der Waals surface area contributed by atoms with Gasteiger partial charge in [-0.3, -0.25) is 4.79 Å². The van der Waals surface area contributed by atoms with Crippen molar-refractivity contribution in [3.63, 3.8) is 0 Å². The highest BCUT2D eigenvalue weighted by Crippen LogP contribution is 2.27. The van der Waals surface area contributed by atoms with E-state index in [1.807, 2.05) is 0 Å². The van der Waals surface area contributed by atoms with Crippen LogP contribution in [0.1, 0.15) is 23.0 Å². The van der Waals surface area contributed by atoms with Crippen molar-refractivity contribution in [2.75, 3.05) is 6.54 Å². The first-order valence-electron chi connectivity index (χ1n) is 5.67. The van der Waals surface area contributed by atoms with E-state index in [2.05, 4.69) is 15.0 Å². The van der Waals surface area contributed by atoms with Gasteiger partial charge in [0.15, 0.2) is 5.69 Å². The zero-order valence-corrected chi connectivity index (χ0v) is 11.0. The van der Waals surface area contributed by atoms with E-state index in [1.54, 1.807) is 31.2 Å². The lowest BCUT2D eigenvalue weighted by atomic mass is 9.96. The Morgan fingerprint density at radius 1 is 1.47 bits per heavy atom. The molecule has 1 heterocycles. The third-order valence-electron chi connectivity index (χ3n) is 2.72. The Hall–Kier alpha value is -1.85. The Morgan fingerprint density at radius 2 is 2.21 bits per heavy atom. The van der Waals surface area contributed by atoms with Crippen LogP contribution in [-0.2, 0) is 5.60 Å². The summed E-state index contributed by atoms with van der Waals surface area (Å²) in [4.78, 5) is 11.7. The molecule has 0 aliphatic carbocycles. The lowest BCUT2D eigenvalue weighted by Crippen LogP contribution is -2.38. The molecular weight excluding hydrogens is 268 g/mol. The maximum Gasteiger partial charge on any atom is 0.273 e. The minimum atomic E-state index is -1.27. The average molecular weight is 281 g/mol. The number of aliphatic hydroxyl groups is 1. The molecule has 0 aliphatic heterocycles. The summed E-state index contributed by atoms with van der Waals surface area (Å²) in [5.41, 5.74) is -0.551. The number of carbonyl (C=O) groups is 1. The molecule has 1 amide bonds. The minimum absolute atomic E-state index is 0.0163. The zero-order chi connectivity index (χ0) is 13.9. The molecule has 19 heavy (non-hydrogen) atoms. The maximum atomic E-state index is 11.7. The van der Waals surface area contributed by atoms with Crippen LogP contribution >= 0.6 is 11.6 Å². The molecule has 0 fully saturated rings. The first kappa shape index (κ1) is 13.6. The summed E-state index contributed by atoms with van der Waals surface area (Å²) in [6.45, 7) is 1.60. The Morgan fingerprint density at radius 3 is 2.84 bits per heavy atom. The molecule has 2 N–H and O–H groups in total. The summed E-state index contributed by atoms with van der Waals surface area (Å²) in [6.07, 6.45) is 1.31. The lowest BCUT2D eigenvalue weighted by Gasteiger charge is -2.25. The molecule has 100 valence electrons. The van der Waals surface area contributed by atoms with Crippen LogP contribution in [0.3, 0.4) is 0 Å². The van der Waals surface area contributed by atoms with E-state index < -0.39 is 11.5 Å². The molecule has 6 heteroatoms. The van der Waals surface area contributed by atoms with Crippen molar-refractivity contribution in [2.45, 2.75) is 12.5 Å². The molecule has 0 bridgehead atoms. The number of aromatic nitrogens is 1. The Balaban J connectivity index is 2.06. The van der Waals surface area contributed by atoms with E-state index in [0.29, 0.717) is 10.6 Å². The summed E-state index contributed by atoms with van der Waals surface area (Å²) < 4.78 is 4.58. The maximum absolute atomic E-state index is 11.7. The van der Waals surface area contributed by atoms with E-state index in [0.717, 1.165) is 0 Å². The van der Waals surface area contributed by atoms with Gasteiger partial charge in [0.05, 0.1) is 6.54 Å². The third-order valence-corrected chi connectivity index (χ3v) is 3.05. The van der Waals surface area contributed by atoms with E-state index in [4.69, 9.17) is 11.6 Å². The second-order valence-corrected chi connectivity index (χ2v) is 4.73. The third kappa shape index (κ3) is 3.13. The molecular formula is C13H13ClN2O3. The quantitative estimate of drug-likeness (QED) is 0.898. The number of rotatable bonds is 4. The van der Waals surface area contributed by atoms with Crippen molar-refractivity contribution in [3.8, 4) is 0 Å². The van der Waals surface area contributed by atoms with Gasteiger partial charge in [0.1, 0.15) is 11.9 Å². The summed E-state index contributed by atoms with van der Waals surface area (Å²) in [5, 5.41) is 16.9. The van der Waals surface area contributed by atoms with Crippen LogP contribution in [-0.4, -0.2) is 22.7 Å². The first-order valence-corrected chi connectivity index (χ1v) is 6.04. The molecule has 2 aromatic rings. The van der Waals surface area contributed by atoms with Gasteiger partial charge in [0, 0.05) is 16.7 Å². The van der Waals surface area contributed by atoms with Crippen LogP contribution < -0.4 is 5.32 Å². The fraction of sp³-hybridized carbons (Fsp3) is 0.231. The highest BCUT2D eigenvalue weighted by Gasteiger charge is 2.26. The van der Waals surface area contributed by atoms with Crippen LogP contribution in [0.2, 0.25) is 5.02 Å². The van der Waals surface area contributed by atoms with Gasteiger partial charge in [-0.05, 0) is 13.0 Å². The van der Waals surface area contributed by atoms with Gasteiger partial charge in [-0.25, -0.2) is 0 Å². The highest BCUT2D eigenvalue weighted by molar-refractivity contribution is 6.31. The predicted octanol–water partition coefficient (Wildman–Crippen LogP) is 1.97. The van der Waals surface area contributed by atoms with Crippen molar-refractivity contribution in [3.05, 3.63) is 52.9 Å². The molecule has 1 aromatic carbocycles. The molecule has 1 aromatic heterocycles. The van der Waals surface area contributed by atoms with Crippen molar-refractivity contribution >= 4 is 17.5 Å². The number of halogens is 1. The standard InChI is InChI=1S/C13H13ClN2O3/c1-13(18,9-4-2-3-5-10(9)14)8-15-12(17)11-6-7-19-16-11/h2-7,18H,8H2,1H3,(H,15,17). The number of carbonyl (C=O) groups excluding carboxylic acids is 1. The molecule has 0 spiro atoms. The predicted molar refractivity (Wildman–Crippen MR) is 69.9 cm³/mol. The largest absolute Gasteiger partial charge is 0.384 e. The number of nitrogens with zero attached hydrogens (tertiary/aromatic N) is 1. The molecule has 1 atom stereocenters. The van der Waals surface area contributed by atoms with Gasteiger partial charge < -0.3 is 14.9 Å². The van der Waals surface area contributed by atoms with Crippen LogP contribution in [0.15, 0.2) is 41.1 Å². The summed E-state index contributed by atoms with van der Waals surface area (Å²) in [7, 11) is 0. The number of hydrogen-bond acceptors (Lipinski definition) is 4. The normalized spacial score (nSPS) is 13.8. The van der Waals surface area contributed by atoms with Gasteiger partial charge in [0.2, 0.25) is 0 Å². The first-order chi connectivity index (χ1) is 9.00. The molecule has 5 nitrogen and oxygen atoms in total. The van der Waals surface area contributed by atoms with E-state index >= 15 is 0 Å². The van der Waals surface area contributed by atoms with Crippen LogP contribution in [0.5, 0.6) is 0 Å². The van der Waals surface area contributed by atoms with Crippen molar-refractivity contribution < 1.29 is 14.4 Å². The summed E-state index contributed by atoms with van der Waals surface area (Å²) in [5.74, 6) is -0.416. The number of nitrogens with one attached hydrogen (secondary N) is 1. The minimum Gasteiger partial charge on any atom is -0.384 e. The highest BCUT2D eigenvalue weighted by atomic mass is 35.5. The molecule has 2 rings (SSSR count). The van der Waals surface area contributed by atoms with Crippen LogP contribution in [0.4, 0.5) is 0 Å². The number of amides is 1. The smallest absolute Gasteiger partial charge is 0.273 e. The Kier molecular flexibility index (Phi) is 3.87. The van der Waals surface area contributed by atoms with E-state index in [9.17, 15) is 9.90 Å². The van der Waals surface area contributed by atoms with Crippen LogP contribution in [0.25, 0.3) is 0 Å². The molecule has 0 saturated heterocycles. The van der Waals surface area contributed by atoms with E-state index in [1.165, 1.54) is 12.3 Å². The van der Waals surface area contributed by atoms with Gasteiger partial charge in [-0.2, -0.15) is 0 Å². The SMILES string of the molecule is CC(O)(CNC(=O)c1ccon1)c1ccccc1Cl. The van der Waals surface area contributed by atoms with Gasteiger partial charge in [-0.1, -0.05) is 35.0 Å². The van der Waals surface area contributed by atoms with Crippen molar-refractivity contribution in [2.24, 2.45) is 0 Å². The zero-order valence-electron chi connectivity index (χ0n) is 10.3. The molecule has 0 radical (unpaired) electrons. The Bertz CT molecular complexity index is 567. The molecule has 0 aliphatic rings. The van der Waals surface area contributed by atoms with Crippen molar-refractivity contribution in [1.82, 2.24) is 10.5 Å². The van der Waals surface area contributed by atoms with Crippen molar-refractivity contribution in [1.29, 1.82) is 0 Å². The number of benzene rings is 1. The van der Waals surface area contributed by atoms with E-state index in [-0.39, 0.29) is 12.2 Å². The van der Waals surface area contributed by atoms with Gasteiger partial charge in [-0.15, -0.1) is 0 Å². The molecule has 1 unspecified atom stereocenters. The van der Waals surface area contributed by atoms with Gasteiger partial charge >= 0.3 is 0 Å². The summed E-state index contributed by atoms with van der Waals surface area (Å²) >= 11 is 6.02. The lowest BCUT2D eigenvalue weighted by molar-refractivity contribution is 0.0524. The second-order valence-electron chi connectivity index (χ2n) is 4.32. The average Bonchev–Trinajstić information content (AvgIpc) is 2.90. The second kappa shape index (κ2) is 5.42. The van der Waals surface area contributed by atoms with Crippen LogP contribution in [0, 0.1) is 0 Å². The Labute approximate surface area is 115 Å². The van der Waals surface area contributed by atoms with Gasteiger partial charge in [0.25, 0.3) is 5.91 Å². The molecule has 0 saturated carbocycles. The number of hydrogen-bond donors (Lipinski definition) is 2. The fourth-order valence-electron chi connectivity index (χ4n) is 1.67. The monoisotopic (exact) mass is 280 g/mol. The topological polar surface area (TPSA) is 75.4 Å². The fourth-order valence-corrected chi connectivity index (χ4v) is 2.01. The summed E-state index contributed by atoms with van der Waals surface area (Å²) in [6, 6.07) is 8.39.